The van der Waals surface area contributed by atoms with E-state index in [1.807, 2.05) is 37.3 Å². The molecule has 6 nitrogen and oxygen atoms in total. The molecule has 170 valence electrons. The number of nitrogens with zero attached hydrogens (tertiary/aromatic N) is 1. The smallest absolute Gasteiger partial charge is 0.339 e. The summed E-state index contributed by atoms with van der Waals surface area (Å²) in [5, 5.41) is 11.0. The molecule has 0 amide bonds. The highest BCUT2D eigenvalue weighted by atomic mass is 32.2. The van der Waals surface area contributed by atoms with E-state index in [0.29, 0.717) is 11.1 Å². The summed E-state index contributed by atoms with van der Waals surface area (Å²) in [5.74, 6) is -0.947. The van der Waals surface area contributed by atoms with Crippen LogP contribution in [0.15, 0.2) is 101 Å². The first-order valence-corrected chi connectivity index (χ1v) is 12.0. The number of aliphatic hydroxyl groups excluding tert-OH is 1. The van der Waals surface area contributed by atoms with E-state index < -0.39 is 28.1 Å². The van der Waals surface area contributed by atoms with E-state index in [4.69, 9.17) is 4.74 Å². The fourth-order valence-corrected chi connectivity index (χ4v) is 5.97. The molecule has 0 unspecified atom stereocenters. The third-order valence-electron chi connectivity index (χ3n) is 5.83. The molecule has 2 atom stereocenters. The Morgan fingerprint density at radius 1 is 0.909 bits per heavy atom. The molecule has 0 fully saturated rings. The van der Waals surface area contributed by atoms with Gasteiger partial charge in [-0.05, 0) is 30.2 Å². The van der Waals surface area contributed by atoms with E-state index in [1.54, 1.807) is 54.6 Å². The van der Waals surface area contributed by atoms with Crippen LogP contribution in [-0.4, -0.2) is 30.9 Å². The lowest BCUT2D eigenvalue weighted by Crippen LogP contribution is -2.43. The Bertz CT molecular complexity index is 1270. The molecule has 0 bridgehead atoms. The summed E-state index contributed by atoms with van der Waals surface area (Å²) in [6.45, 7) is 1.88. The zero-order valence-corrected chi connectivity index (χ0v) is 19.2. The van der Waals surface area contributed by atoms with Gasteiger partial charge in [-0.15, -0.1) is 0 Å². The molecular weight excluding hydrogens is 438 g/mol. The number of ether oxygens (including phenoxy) is 1. The molecule has 1 heterocycles. The highest BCUT2D eigenvalue weighted by molar-refractivity contribution is 7.89. The van der Waals surface area contributed by atoms with Crippen molar-refractivity contribution in [1.29, 1.82) is 0 Å². The van der Waals surface area contributed by atoms with Crippen LogP contribution in [0.5, 0.6) is 0 Å². The Hall–Kier alpha value is -3.42. The molecule has 0 aromatic heterocycles. The van der Waals surface area contributed by atoms with Crippen LogP contribution in [-0.2, 0) is 19.6 Å². The van der Waals surface area contributed by atoms with Crippen LogP contribution in [0, 0.1) is 6.92 Å². The van der Waals surface area contributed by atoms with Gasteiger partial charge in [-0.2, -0.15) is 4.31 Å². The predicted molar refractivity (Wildman–Crippen MR) is 125 cm³/mol. The molecule has 3 aromatic carbocycles. The number of aliphatic hydroxyl groups is 1. The number of sulfonamides is 1. The fraction of sp³-hybridized carbons (Fsp3) is 0.192. The van der Waals surface area contributed by atoms with E-state index in [1.165, 1.54) is 11.4 Å². The second kappa shape index (κ2) is 9.21. The first-order valence-electron chi connectivity index (χ1n) is 10.5. The summed E-state index contributed by atoms with van der Waals surface area (Å²) >= 11 is 0. The highest BCUT2D eigenvalue weighted by Crippen LogP contribution is 2.47. The van der Waals surface area contributed by atoms with Crippen molar-refractivity contribution in [3.8, 4) is 0 Å². The van der Waals surface area contributed by atoms with Crippen molar-refractivity contribution in [1.82, 2.24) is 4.31 Å². The number of carbonyl (C=O) groups is 1. The van der Waals surface area contributed by atoms with Crippen molar-refractivity contribution in [2.75, 3.05) is 7.11 Å². The predicted octanol–water partition coefficient (Wildman–Crippen LogP) is 4.86. The van der Waals surface area contributed by atoms with Crippen LogP contribution in [0.2, 0.25) is 0 Å². The minimum absolute atomic E-state index is 0.0527. The SMILES string of the molecule is COC(=O)C1=C(O)C[C@@H](c2ccccc2)N(S(=O)(=O)c2ccc(C)cc2)[C@H]1c1ccccc1. The number of carbonyl (C=O) groups excluding carboxylic acids is 1. The third kappa shape index (κ3) is 4.29. The van der Waals surface area contributed by atoms with Gasteiger partial charge in [0.15, 0.2) is 0 Å². The summed E-state index contributed by atoms with van der Waals surface area (Å²) in [6.07, 6.45) is -0.0527. The van der Waals surface area contributed by atoms with Gasteiger partial charge in [0.1, 0.15) is 5.76 Å². The Balaban J connectivity index is 2.01. The van der Waals surface area contributed by atoms with Gasteiger partial charge in [-0.1, -0.05) is 78.4 Å². The molecule has 7 heteroatoms. The van der Waals surface area contributed by atoms with Crippen LogP contribution in [0.4, 0.5) is 0 Å². The van der Waals surface area contributed by atoms with Crippen LogP contribution < -0.4 is 0 Å². The van der Waals surface area contributed by atoms with Gasteiger partial charge in [-0.3, -0.25) is 0 Å². The van der Waals surface area contributed by atoms with Gasteiger partial charge in [0.25, 0.3) is 0 Å². The third-order valence-corrected chi connectivity index (χ3v) is 7.72. The molecule has 4 rings (SSSR count). The maximum atomic E-state index is 14.1. The normalized spacial score (nSPS) is 19.3. The summed E-state index contributed by atoms with van der Waals surface area (Å²) in [4.78, 5) is 12.9. The largest absolute Gasteiger partial charge is 0.512 e. The Labute approximate surface area is 193 Å². The van der Waals surface area contributed by atoms with Crippen molar-refractivity contribution in [2.24, 2.45) is 0 Å². The zero-order valence-electron chi connectivity index (χ0n) is 18.4. The fourth-order valence-electron chi connectivity index (χ4n) is 4.21. The monoisotopic (exact) mass is 463 g/mol. The molecule has 1 N–H and O–H groups in total. The molecule has 0 saturated carbocycles. The number of hydrogen-bond acceptors (Lipinski definition) is 5. The van der Waals surface area contributed by atoms with Gasteiger partial charge in [-0.25, -0.2) is 13.2 Å². The van der Waals surface area contributed by atoms with Gasteiger partial charge in [0.2, 0.25) is 10.0 Å². The number of hydrogen-bond donors (Lipinski definition) is 1. The number of benzene rings is 3. The molecule has 0 spiro atoms. The van der Waals surface area contributed by atoms with Crippen molar-refractivity contribution in [3.63, 3.8) is 0 Å². The number of rotatable bonds is 5. The van der Waals surface area contributed by atoms with Gasteiger partial charge in [0.05, 0.1) is 29.7 Å². The van der Waals surface area contributed by atoms with Crippen molar-refractivity contribution < 1.29 is 23.1 Å². The quantitative estimate of drug-likeness (QED) is 0.547. The lowest BCUT2D eigenvalue weighted by atomic mass is 9.88. The number of methoxy groups -OCH3 is 1. The number of aryl methyl sites for hydroxylation is 1. The lowest BCUT2D eigenvalue weighted by Gasteiger charge is -2.41. The van der Waals surface area contributed by atoms with E-state index in [0.717, 1.165) is 5.56 Å². The number of esters is 1. The molecular formula is C26H25NO5S. The average molecular weight is 464 g/mol. The molecule has 33 heavy (non-hydrogen) atoms. The Kier molecular flexibility index (Phi) is 6.35. The summed E-state index contributed by atoms with van der Waals surface area (Å²) < 4.78 is 34.5. The van der Waals surface area contributed by atoms with E-state index in [9.17, 15) is 18.3 Å². The molecule has 0 aliphatic carbocycles. The van der Waals surface area contributed by atoms with Crippen LogP contribution in [0.3, 0.4) is 0 Å². The average Bonchev–Trinajstić information content (AvgIpc) is 2.84. The molecule has 0 saturated heterocycles. The van der Waals surface area contributed by atoms with Crippen molar-refractivity contribution >= 4 is 16.0 Å². The van der Waals surface area contributed by atoms with Crippen molar-refractivity contribution in [2.45, 2.75) is 30.3 Å². The molecule has 1 aliphatic heterocycles. The lowest BCUT2D eigenvalue weighted by molar-refractivity contribution is -0.137. The maximum Gasteiger partial charge on any atom is 0.339 e. The first-order chi connectivity index (χ1) is 15.8. The first kappa shape index (κ1) is 22.8. The van der Waals surface area contributed by atoms with Crippen LogP contribution in [0.25, 0.3) is 0 Å². The Morgan fingerprint density at radius 3 is 2.00 bits per heavy atom. The van der Waals surface area contributed by atoms with E-state index in [-0.39, 0.29) is 22.6 Å². The minimum atomic E-state index is -4.09. The summed E-state index contributed by atoms with van der Waals surface area (Å²) in [5.41, 5.74) is 2.12. The zero-order chi connectivity index (χ0) is 23.6. The summed E-state index contributed by atoms with van der Waals surface area (Å²) in [6, 6.07) is 22.8. The second-order valence-electron chi connectivity index (χ2n) is 7.94. The van der Waals surface area contributed by atoms with Crippen LogP contribution >= 0.6 is 0 Å². The molecule has 1 aliphatic rings. The van der Waals surface area contributed by atoms with E-state index >= 15 is 0 Å². The van der Waals surface area contributed by atoms with Gasteiger partial charge >= 0.3 is 5.97 Å². The van der Waals surface area contributed by atoms with Crippen LogP contribution in [0.1, 0.15) is 35.2 Å². The van der Waals surface area contributed by atoms with Gasteiger partial charge in [0, 0.05) is 6.42 Å². The second-order valence-corrected chi connectivity index (χ2v) is 9.79. The Morgan fingerprint density at radius 2 is 1.45 bits per heavy atom. The van der Waals surface area contributed by atoms with Gasteiger partial charge < -0.3 is 9.84 Å². The highest BCUT2D eigenvalue weighted by Gasteiger charge is 2.47. The molecule has 0 radical (unpaired) electrons. The summed E-state index contributed by atoms with van der Waals surface area (Å²) in [7, 11) is -2.88. The minimum Gasteiger partial charge on any atom is -0.512 e. The standard InChI is InChI=1S/C26H25NO5S/c1-18-13-15-21(16-14-18)33(30,31)27-22(19-9-5-3-6-10-19)17-23(28)24(26(29)32-2)25(27)20-11-7-4-8-12-20/h3-16,22,25,28H,17H2,1-2H3/t22-,25-/m0/s1. The van der Waals surface area contributed by atoms with Crippen molar-refractivity contribution in [3.05, 3.63) is 113 Å². The molecule has 3 aromatic rings. The topological polar surface area (TPSA) is 83.9 Å². The maximum absolute atomic E-state index is 14.1. The van der Waals surface area contributed by atoms with E-state index in [2.05, 4.69) is 0 Å².